The Hall–Kier alpha value is -1.96. The van der Waals surface area contributed by atoms with Crippen LogP contribution in [-0.4, -0.2) is 94.1 Å². The van der Waals surface area contributed by atoms with Crippen molar-refractivity contribution < 1.29 is 24.9 Å². The number of nitrogens with one attached hydrogen (secondary N) is 2. The Kier molecular flexibility index (Phi) is 5.55. The first-order valence-corrected chi connectivity index (χ1v) is 8.71. The minimum Gasteiger partial charge on any atom is -0.394 e. The van der Waals surface area contributed by atoms with Gasteiger partial charge in [0.05, 0.1) is 6.61 Å². The molecule has 0 radical (unpaired) electrons. The highest BCUT2D eigenvalue weighted by atomic mass is 16.6. The summed E-state index contributed by atoms with van der Waals surface area (Å²) in [6.07, 6.45) is -5.30. The van der Waals surface area contributed by atoms with Crippen LogP contribution in [0.25, 0.3) is 0 Å². The van der Waals surface area contributed by atoms with Gasteiger partial charge in [0.25, 0.3) is 5.91 Å². The SMILES string of the molecule is CN(C)CCCN1c2c([nH]c(=O)n2[C@@H]2O[C@H](CO)[C@@H](O)[C@H]2O)C(=O)NC1N. The number of amides is 1. The number of carbonyl (C=O) groups is 1. The van der Waals surface area contributed by atoms with E-state index in [9.17, 15) is 24.9 Å². The highest BCUT2D eigenvalue weighted by Crippen LogP contribution is 2.34. The molecule has 3 rings (SSSR count). The molecule has 1 saturated heterocycles. The second-order valence-corrected chi connectivity index (χ2v) is 7.00. The van der Waals surface area contributed by atoms with Crippen molar-refractivity contribution in [3.8, 4) is 0 Å². The molecule has 5 atom stereocenters. The van der Waals surface area contributed by atoms with Crippen molar-refractivity contribution in [2.75, 3.05) is 38.7 Å². The third-order valence-corrected chi connectivity index (χ3v) is 4.79. The zero-order valence-electron chi connectivity index (χ0n) is 15.2. The van der Waals surface area contributed by atoms with Crippen LogP contribution in [0.2, 0.25) is 0 Å². The predicted octanol–water partition coefficient (Wildman–Crippen LogP) is -3.47. The molecule has 12 heteroatoms. The van der Waals surface area contributed by atoms with Gasteiger partial charge in [-0.25, -0.2) is 9.36 Å². The Balaban J connectivity index is 2.00. The summed E-state index contributed by atoms with van der Waals surface area (Å²) in [5.41, 5.74) is 5.37. The molecular formula is C15H26N6O6. The number of carbonyl (C=O) groups excluding carboxylic acids is 1. The molecule has 0 aromatic carbocycles. The summed E-state index contributed by atoms with van der Waals surface area (Å²) >= 11 is 0. The van der Waals surface area contributed by atoms with Crippen molar-refractivity contribution in [1.82, 2.24) is 19.8 Å². The van der Waals surface area contributed by atoms with Gasteiger partial charge in [-0.05, 0) is 27.1 Å². The number of aromatic amines is 1. The van der Waals surface area contributed by atoms with Gasteiger partial charge in [0.1, 0.15) is 29.8 Å². The lowest BCUT2D eigenvalue weighted by molar-refractivity contribution is -0.0537. The quantitative estimate of drug-likeness (QED) is 0.291. The van der Waals surface area contributed by atoms with E-state index in [4.69, 9.17) is 10.5 Å². The third kappa shape index (κ3) is 3.47. The molecule has 27 heavy (non-hydrogen) atoms. The fourth-order valence-corrected chi connectivity index (χ4v) is 3.43. The fourth-order valence-electron chi connectivity index (χ4n) is 3.43. The minimum atomic E-state index is -1.45. The summed E-state index contributed by atoms with van der Waals surface area (Å²) in [5, 5.41) is 32.2. The molecule has 7 N–H and O–H groups in total. The Bertz CT molecular complexity index is 748. The van der Waals surface area contributed by atoms with Crippen molar-refractivity contribution in [3.63, 3.8) is 0 Å². The maximum Gasteiger partial charge on any atom is 0.330 e. The summed E-state index contributed by atoms with van der Waals surface area (Å²) < 4.78 is 6.55. The monoisotopic (exact) mass is 386 g/mol. The molecule has 12 nitrogen and oxygen atoms in total. The van der Waals surface area contributed by atoms with E-state index in [1.165, 1.54) is 0 Å². The highest BCUT2D eigenvalue weighted by Gasteiger charge is 2.47. The molecule has 2 aliphatic rings. The molecule has 0 aliphatic carbocycles. The summed E-state index contributed by atoms with van der Waals surface area (Å²) in [6.45, 7) is 0.663. The number of nitrogens with two attached hydrogens (primary N) is 1. The van der Waals surface area contributed by atoms with Crippen molar-refractivity contribution in [2.45, 2.75) is 37.3 Å². The highest BCUT2D eigenvalue weighted by molar-refractivity contribution is 5.99. The zero-order chi connectivity index (χ0) is 19.9. The Labute approximate surface area is 155 Å². The normalized spacial score (nSPS) is 30.7. The third-order valence-electron chi connectivity index (χ3n) is 4.79. The summed E-state index contributed by atoms with van der Waals surface area (Å²) in [7, 11) is 3.85. The van der Waals surface area contributed by atoms with Crippen LogP contribution >= 0.6 is 0 Å². The lowest BCUT2D eigenvalue weighted by Crippen LogP contribution is -2.59. The molecule has 2 aliphatic heterocycles. The molecule has 1 fully saturated rings. The number of hydrogen-bond donors (Lipinski definition) is 6. The number of nitrogens with zero attached hydrogens (tertiary/aromatic N) is 3. The lowest BCUT2D eigenvalue weighted by Gasteiger charge is -2.36. The number of imidazole rings is 1. The second kappa shape index (κ2) is 7.58. The molecule has 1 amide bonds. The Morgan fingerprint density at radius 2 is 1.96 bits per heavy atom. The molecule has 1 unspecified atom stereocenters. The topological polar surface area (TPSA) is 169 Å². The molecule has 0 saturated carbocycles. The van der Waals surface area contributed by atoms with Gasteiger partial charge in [0.2, 0.25) is 0 Å². The summed E-state index contributed by atoms with van der Waals surface area (Å²) in [5.74, 6) is -0.367. The number of aliphatic hydroxyl groups is 3. The van der Waals surface area contributed by atoms with Crippen LogP contribution in [0.15, 0.2) is 4.79 Å². The lowest BCUT2D eigenvalue weighted by atomic mass is 10.1. The average molecular weight is 386 g/mol. The smallest absolute Gasteiger partial charge is 0.330 e. The van der Waals surface area contributed by atoms with Crippen LogP contribution < -0.4 is 21.6 Å². The van der Waals surface area contributed by atoms with Gasteiger partial charge >= 0.3 is 5.69 Å². The first kappa shape index (κ1) is 19.8. The van der Waals surface area contributed by atoms with E-state index in [1.807, 2.05) is 19.0 Å². The Morgan fingerprint density at radius 1 is 1.26 bits per heavy atom. The molecular weight excluding hydrogens is 360 g/mol. The van der Waals surface area contributed by atoms with Gasteiger partial charge < -0.3 is 35.2 Å². The van der Waals surface area contributed by atoms with Crippen molar-refractivity contribution in [1.29, 1.82) is 0 Å². The number of aliphatic hydroxyl groups excluding tert-OH is 3. The second-order valence-electron chi connectivity index (χ2n) is 7.00. The van der Waals surface area contributed by atoms with Crippen LogP contribution in [0.5, 0.6) is 0 Å². The van der Waals surface area contributed by atoms with Gasteiger partial charge in [-0.1, -0.05) is 0 Å². The molecule has 152 valence electrons. The Morgan fingerprint density at radius 3 is 2.56 bits per heavy atom. The minimum absolute atomic E-state index is 0.00397. The average Bonchev–Trinajstić information content (AvgIpc) is 3.08. The van der Waals surface area contributed by atoms with Gasteiger partial charge in [0.15, 0.2) is 12.5 Å². The largest absolute Gasteiger partial charge is 0.394 e. The number of aromatic nitrogens is 2. The maximum atomic E-state index is 12.5. The van der Waals surface area contributed by atoms with E-state index < -0.39 is 49.0 Å². The molecule has 3 heterocycles. The number of anilines is 1. The van der Waals surface area contributed by atoms with Crippen LogP contribution in [0.3, 0.4) is 0 Å². The standard InChI is InChI=1S/C15H26N6O6/c1-19(2)4-3-5-20-12-8(11(25)18-14(20)16)17-15(26)21(12)13-10(24)9(23)7(6-22)27-13/h7,9-10,13-14,22-24H,3-6,16H2,1-2H3,(H,17,26)(H,18,25)/t7-,9-,10-,13-,14?/m1/s1. The van der Waals surface area contributed by atoms with E-state index in [2.05, 4.69) is 10.3 Å². The van der Waals surface area contributed by atoms with Crippen molar-refractivity contribution in [3.05, 3.63) is 16.2 Å². The fraction of sp³-hybridized carbons (Fsp3) is 0.733. The van der Waals surface area contributed by atoms with Gasteiger partial charge in [-0.2, -0.15) is 0 Å². The van der Waals surface area contributed by atoms with Crippen molar-refractivity contribution in [2.24, 2.45) is 5.73 Å². The number of ether oxygens (including phenoxy) is 1. The van der Waals surface area contributed by atoms with E-state index in [1.54, 1.807) is 4.90 Å². The van der Waals surface area contributed by atoms with E-state index in [0.29, 0.717) is 13.0 Å². The molecule has 0 bridgehead atoms. The van der Waals surface area contributed by atoms with E-state index >= 15 is 0 Å². The van der Waals surface area contributed by atoms with E-state index in [0.717, 1.165) is 11.1 Å². The summed E-state index contributed by atoms with van der Waals surface area (Å²) in [4.78, 5) is 30.9. The van der Waals surface area contributed by atoms with Gasteiger partial charge in [-0.15, -0.1) is 0 Å². The molecule has 1 aromatic rings. The number of fused-ring (bicyclic) bond motifs is 1. The van der Waals surface area contributed by atoms with Crippen LogP contribution in [0.4, 0.5) is 5.82 Å². The predicted molar refractivity (Wildman–Crippen MR) is 94.0 cm³/mol. The van der Waals surface area contributed by atoms with Crippen LogP contribution in [0, 0.1) is 0 Å². The van der Waals surface area contributed by atoms with Gasteiger partial charge in [0, 0.05) is 6.54 Å². The zero-order valence-corrected chi connectivity index (χ0v) is 15.2. The first-order chi connectivity index (χ1) is 12.8. The number of H-pyrrole nitrogens is 1. The maximum absolute atomic E-state index is 12.5. The number of hydrogen-bond acceptors (Lipinski definition) is 9. The molecule has 0 spiro atoms. The van der Waals surface area contributed by atoms with E-state index in [-0.39, 0.29) is 11.5 Å². The van der Waals surface area contributed by atoms with Crippen LogP contribution in [0.1, 0.15) is 23.1 Å². The first-order valence-electron chi connectivity index (χ1n) is 8.71. The number of rotatable bonds is 6. The van der Waals surface area contributed by atoms with Gasteiger partial charge in [-0.3, -0.25) is 15.5 Å². The molecule has 1 aromatic heterocycles. The van der Waals surface area contributed by atoms with Crippen molar-refractivity contribution >= 4 is 11.7 Å². The summed E-state index contributed by atoms with van der Waals surface area (Å²) in [6, 6.07) is 0. The van der Waals surface area contributed by atoms with Crippen LogP contribution in [-0.2, 0) is 4.74 Å².